The first-order valence-electron chi connectivity index (χ1n) is 5.98. The van der Waals surface area contributed by atoms with Gasteiger partial charge in [0.25, 0.3) is 0 Å². The fourth-order valence-corrected chi connectivity index (χ4v) is 3.16. The molecule has 1 aliphatic carbocycles. The summed E-state index contributed by atoms with van der Waals surface area (Å²) < 4.78 is 5.27. The van der Waals surface area contributed by atoms with E-state index in [2.05, 4.69) is 12.2 Å². The Balaban J connectivity index is 2.13. The molecule has 0 aromatic rings. The summed E-state index contributed by atoms with van der Waals surface area (Å²) in [5.74, 6) is -0.193. The third kappa shape index (κ3) is 1.75. The van der Waals surface area contributed by atoms with Crippen LogP contribution in [0.4, 0.5) is 0 Å². The maximum Gasteiger partial charge on any atom is 0.230 e. The number of carbonyl (C=O) groups is 2. The SMILES string of the molecule is CCCC1C(=O)NC(=O)CC12CC(OC)C2. The van der Waals surface area contributed by atoms with E-state index in [0.29, 0.717) is 6.42 Å². The topological polar surface area (TPSA) is 55.4 Å². The second-order valence-corrected chi connectivity index (χ2v) is 5.06. The molecule has 1 atom stereocenters. The molecule has 0 aromatic heterocycles. The van der Waals surface area contributed by atoms with E-state index in [4.69, 9.17) is 4.74 Å². The lowest BCUT2D eigenvalue weighted by molar-refractivity contribution is -0.159. The highest BCUT2D eigenvalue weighted by Crippen LogP contribution is 2.53. The van der Waals surface area contributed by atoms with Crippen LogP contribution in [0, 0.1) is 11.3 Å². The molecular formula is C12H19NO3. The Hall–Kier alpha value is -0.900. The molecule has 1 saturated carbocycles. The van der Waals surface area contributed by atoms with Gasteiger partial charge in [0.2, 0.25) is 11.8 Å². The van der Waals surface area contributed by atoms with Crippen LogP contribution >= 0.6 is 0 Å². The number of amides is 2. The van der Waals surface area contributed by atoms with Crippen molar-refractivity contribution >= 4 is 11.8 Å². The lowest BCUT2D eigenvalue weighted by Gasteiger charge is -2.52. The lowest BCUT2D eigenvalue weighted by atomic mass is 9.55. The van der Waals surface area contributed by atoms with E-state index in [-0.39, 0.29) is 29.3 Å². The molecule has 4 nitrogen and oxygen atoms in total. The molecule has 0 radical (unpaired) electrons. The molecule has 1 N–H and O–H groups in total. The first-order chi connectivity index (χ1) is 7.61. The van der Waals surface area contributed by atoms with E-state index < -0.39 is 0 Å². The maximum atomic E-state index is 11.8. The van der Waals surface area contributed by atoms with Crippen molar-refractivity contribution in [3.63, 3.8) is 0 Å². The predicted molar refractivity (Wildman–Crippen MR) is 58.6 cm³/mol. The van der Waals surface area contributed by atoms with E-state index in [1.165, 1.54) is 0 Å². The number of carbonyl (C=O) groups excluding carboxylic acids is 2. The summed E-state index contributed by atoms with van der Waals surface area (Å²) in [4.78, 5) is 23.3. The quantitative estimate of drug-likeness (QED) is 0.735. The minimum Gasteiger partial charge on any atom is -0.381 e. The van der Waals surface area contributed by atoms with Crippen LogP contribution < -0.4 is 5.32 Å². The van der Waals surface area contributed by atoms with Crippen LogP contribution in [-0.4, -0.2) is 25.0 Å². The molecule has 0 aromatic carbocycles. The molecule has 1 heterocycles. The van der Waals surface area contributed by atoms with Gasteiger partial charge in [0, 0.05) is 19.4 Å². The summed E-state index contributed by atoms with van der Waals surface area (Å²) in [6.45, 7) is 2.07. The van der Waals surface area contributed by atoms with E-state index in [1.807, 2.05) is 0 Å². The summed E-state index contributed by atoms with van der Waals surface area (Å²) >= 11 is 0. The van der Waals surface area contributed by atoms with E-state index >= 15 is 0 Å². The molecule has 90 valence electrons. The van der Waals surface area contributed by atoms with Crippen LogP contribution in [0.15, 0.2) is 0 Å². The van der Waals surface area contributed by atoms with Gasteiger partial charge in [-0.2, -0.15) is 0 Å². The minimum atomic E-state index is -0.119. The highest BCUT2D eigenvalue weighted by atomic mass is 16.5. The number of piperidine rings is 1. The molecule has 2 rings (SSSR count). The maximum absolute atomic E-state index is 11.8. The third-order valence-electron chi connectivity index (χ3n) is 4.01. The van der Waals surface area contributed by atoms with Crippen LogP contribution in [-0.2, 0) is 14.3 Å². The summed E-state index contributed by atoms with van der Waals surface area (Å²) in [5, 5.41) is 2.45. The first-order valence-corrected chi connectivity index (χ1v) is 5.98. The molecule has 2 amide bonds. The number of methoxy groups -OCH3 is 1. The van der Waals surface area contributed by atoms with Crippen molar-refractivity contribution in [2.24, 2.45) is 11.3 Å². The van der Waals surface area contributed by atoms with Crippen molar-refractivity contribution in [3.05, 3.63) is 0 Å². The number of nitrogens with one attached hydrogen (secondary N) is 1. The zero-order chi connectivity index (χ0) is 11.8. The summed E-state index contributed by atoms with van der Waals surface area (Å²) in [7, 11) is 1.69. The Labute approximate surface area is 95.7 Å². The molecule has 2 aliphatic rings. The molecule has 0 bridgehead atoms. The van der Waals surface area contributed by atoms with Crippen LogP contribution in [0.3, 0.4) is 0 Å². The van der Waals surface area contributed by atoms with Gasteiger partial charge >= 0.3 is 0 Å². The molecular weight excluding hydrogens is 206 g/mol. The van der Waals surface area contributed by atoms with Crippen LogP contribution in [0.25, 0.3) is 0 Å². The molecule has 1 aliphatic heterocycles. The lowest BCUT2D eigenvalue weighted by Crippen LogP contribution is -2.58. The van der Waals surface area contributed by atoms with Gasteiger partial charge in [-0.1, -0.05) is 13.3 Å². The Morgan fingerprint density at radius 1 is 1.44 bits per heavy atom. The number of hydrogen-bond donors (Lipinski definition) is 1. The van der Waals surface area contributed by atoms with Gasteiger partial charge in [-0.15, -0.1) is 0 Å². The smallest absolute Gasteiger partial charge is 0.230 e. The third-order valence-corrected chi connectivity index (χ3v) is 4.01. The van der Waals surface area contributed by atoms with Gasteiger partial charge < -0.3 is 4.74 Å². The van der Waals surface area contributed by atoms with Crippen molar-refractivity contribution in [1.29, 1.82) is 0 Å². The molecule has 1 saturated heterocycles. The van der Waals surface area contributed by atoms with Gasteiger partial charge in [0.05, 0.1) is 6.10 Å². The van der Waals surface area contributed by atoms with Crippen molar-refractivity contribution < 1.29 is 14.3 Å². The Bertz CT molecular complexity index is 307. The average molecular weight is 225 g/mol. The monoisotopic (exact) mass is 225 g/mol. The van der Waals surface area contributed by atoms with Crippen molar-refractivity contribution in [3.8, 4) is 0 Å². The van der Waals surface area contributed by atoms with E-state index in [1.54, 1.807) is 7.11 Å². The highest BCUT2D eigenvalue weighted by molar-refractivity contribution is 5.99. The van der Waals surface area contributed by atoms with E-state index in [0.717, 1.165) is 25.7 Å². The summed E-state index contributed by atoms with van der Waals surface area (Å²) in [5.41, 5.74) is -0.101. The Kier molecular flexibility index (Phi) is 3.02. The standard InChI is InChI=1S/C12H19NO3/c1-3-4-9-11(15)13-10(14)7-12(9)5-8(6-12)16-2/h8-9H,3-7H2,1-2H3,(H,13,14,15). The second-order valence-electron chi connectivity index (χ2n) is 5.06. The number of rotatable bonds is 3. The van der Waals surface area contributed by atoms with Gasteiger partial charge in [-0.05, 0) is 24.7 Å². The van der Waals surface area contributed by atoms with Crippen molar-refractivity contribution in [2.45, 2.75) is 45.1 Å². The summed E-state index contributed by atoms with van der Waals surface area (Å²) in [6, 6.07) is 0. The predicted octanol–water partition coefficient (Wildman–Crippen LogP) is 1.24. The second kappa shape index (κ2) is 4.17. The van der Waals surface area contributed by atoms with Gasteiger partial charge in [0.1, 0.15) is 0 Å². The number of imide groups is 1. The Morgan fingerprint density at radius 2 is 2.12 bits per heavy atom. The van der Waals surface area contributed by atoms with Crippen LogP contribution in [0.2, 0.25) is 0 Å². The molecule has 2 fully saturated rings. The normalized spacial score (nSPS) is 38.4. The Morgan fingerprint density at radius 3 is 2.69 bits per heavy atom. The van der Waals surface area contributed by atoms with Gasteiger partial charge in [-0.3, -0.25) is 14.9 Å². The number of hydrogen-bond acceptors (Lipinski definition) is 3. The highest BCUT2D eigenvalue weighted by Gasteiger charge is 2.55. The van der Waals surface area contributed by atoms with Crippen LogP contribution in [0.5, 0.6) is 0 Å². The van der Waals surface area contributed by atoms with Gasteiger partial charge in [-0.25, -0.2) is 0 Å². The minimum absolute atomic E-state index is 0.00148. The average Bonchev–Trinajstić information content (AvgIpc) is 2.18. The summed E-state index contributed by atoms with van der Waals surface area (Å²) in [6.07, 6.45) is 4.28. The zero-order valence-corrected chi connectivity index (χ0v) is 9.91. The first kappa shape index (κ1) is 11.6. The molecule has 1 unspecified atom stereocenters. The van der Waals surface area contributed by atoms with Crippen LogP contribution in [0.1, 0.15) is 39.0 Å². The van der Waals surface area contributed by atoms with E-state index in [9.17, 15) is 9.59 Å². The zero-order valence-electron chi connectivity index (χ0n) is 9.91. The molecule has 4 heteroatoms. The van der Waals surface area contributed by atoms with Gasteiger partial charge in [0.15, 0.2) is 0 Å². The fraction of sp³-hybridized carbons (Fsp3) is 0.833. The fourth-order valence-electron chi connectivity index (χ4n) is 3.16. The number of ether oxygens (including phenoxy) is 1. The van der Waals surface area contributed by atoms with Crippen molar-refractivity contribution in [2.75, 3.05) is 7.11 Å². The molecule has 16 heavy (non-hydrogen) atoms. The van der Waals surface area contributed by atoms with Crippen molar-refractivity contribution in [1.82, 2.24) is 5.32 Å². The molecule has 1 spiro atoms. The largest absolute Gasteiger partial charge is 0.381 e.